The van der Waals surface area contributed by atoms with E-state index in [0.29, 0.717) is 29.8 Å². The van der Waals surface area contributed by atoms with E-state index in [1.54, 1.807) is 37.3 Å². The summed E-state index contributed by atoms with van der Waals surface area (Å²) in [5, 5.41) is 11.9. The van der Waals surface area contributed by atoms with Gasteiger partial charge < -0.3 is 10.4 Å². The maximum absolute atomic E-state index is 12.9. The zero-order valence-electron chi connectivity index (χ0n) is 17.0. The molecule has 4 rings (SSSR count). The number of carboxylic acid groups (broad SMARTS) is 1. The first-order chi connectivity index (χ1) is 15.2. The molecular weight excluding hydrogens is 544 g/mol. The smallest absolute Gasteiger partial charge is 0.335 e. The van der Waals surface area contributed by atoms with Gasteiger partial charge in [-0.25, -0.2) is 4.79 Å². The molecular formula is C23H20Br2N2O5. The van der Waals surface area contributed by atoms with Crippen molar-refractivity contribution in [2.24, 2.45) is 11.8 Å². The number of anilines is 2. The van der Waals surface area contributed by atoms with Gasteiger partial charge in [-0.15, -0.1) is 0 Å². The molecule has 2 aliphatic rings. The summed E-state index contributed by atoms with van der Waals surface area (Å²) in [5.41, 5.74) is 1.97. The zero-order valence-corrected chi connectivity index (χ0v) is 20.2. The Bertz CT molecular complexity index is 1090. The minimum atomic E-state index is -1.08. The average molecular weight is 564 g/mol. The molecule has 166 valence electrons. The average Bonchev–Trinajstić information content (AvgIpc) is 2.99. The molecule has 0 bridgehead atoms. The van der Waals surface area contributed by atoms with E-state index < -0.39 is 11.9 Å². The van der Waals surface area contributed by atoms with Gasteiger partial charge in [-0.1, -0.05) is 37.9 Å². The number of hydrogen-bond donors (Lipinski definition) is 2. The molecule has 0 radical (unpaired) electrons. The van der Waals surface area contributed by atoms with Crippen LogP contribution in [-0.2, 0) is 9.59 Å². The van der Waals surface area contributed by atoms with Gasteiger partial charge in [-0.3, -0.25) is 19.3 Å². The van der Waals surface area contributed by atoms with Gasteiger partial charge in [0.1, 0.15) is 0 Å². The summed E-state index contributed by atoms with van der Waals surface area (Å²) < 4.78 is 0. The van der Waals surface area contributed by atoms with Gasteiger partial charge in [0.15, 0.2) is 0 Å². The van der Waals surface area contributed by atoms with Crippen molar-refractivity contribution in [3.05, 3.63) is 59.2 Å². The van der Waals surface area contributed by atoms with Crippen LogP contribution in [0.2, 0.25) is 0 Å². The van der Waals surface area contributed by atoms with Crippen LogP contribution in [0.1, 0.15) is 39.1 Å². The Hall–Kier alpha value is -2.52. The Morgan fingerprint density at radius 3 is 2.00 bits per heavy atom. The first-order valence-corrected chi connectivity index (χ1v) is 11.9. The van der Waals surface area contributed by atoms with Crippen molar-refractivity contribution in [1.29, 1.82) is 0 Å². The Labute approximate surface area is 201 Å². The van der Waals surface area contributed by atoms with Crippen LogP contribution >= 0.6 is 31.9 Å². The first-order valence-electron chi connectivity index (χ1n) is 10.1. The van der Waals surface area contributed by atoms with Crippen LogP contribution in [0.15, 0.2) is 42.5 Å². The summed E-state index contributed by atoms with van der Waals surface area (Å²) in [6.45, 7) is 1.77. The summed E-state index contributed by atoms with van der Waals surface area (Å²) in [6.07, 6.45) is 1.19. The highest BCUT2D eigenvalue weighted by atomic mass is 79.9. The van der Waals surface area contributed by atoms with E-state index in [1.807, 2.05) is 0 Å². The molecule has 1 saturated heterocycles. The fourth-order valence-corrected chi connectivity index (χ4v) is 5.43. The Kier molecular flexibility index (Phi) is 6.22. The molecule has 2 N–H and O–H groups in total. The number of carbonyl (C=O) groups excluding carboxylic acids is 3. The van der Waals surface area contributed by atoms with Crippen LogP contribution in [0.25, 0.3) is 0 Å². The van der Waals surface area contributed by atoms with E-state index in [-0.39, 0.29) is 38.9 Å². The molecule has 0 unspecified atom stereocenters. The highest BCUT2D eigenvalue weighted by molar-refractivity contribution is 9.12. The zero-order chi connectivity index (χ0) is 23.2. The van der Waals surface area contributed by atoms with Gasteiger partial charge in [0.25, 0.3) is 5.91 Å². The molecule has 2 fully saturated rings. The molecule has 7 nitrogen and oxygen atoms in total. The Morgan fingerprint density at radius 2 is 1.47 bits per heavy atom. The van der Waals surface area contributed by atoms with Crippen LogP contribution in [-0.4, -0.2) is 38.5 Å². The fraction of sp³-hybridized carbons (Fsp3) is 0.304. The van der Waals surface area contributed by atoms with Crippen LogP contribution in [0, 0.1) is 18.8 Å². The number of fused-ring (bicyclic) bond motifs is 1. The summed E-state index contributed by atoms with van der Waals surface area (Å²) in [4.78, 5) is 51.2. The van der Waals surface area contributed by atoms with Crippen LogP contribution in [0.4, 0.5) is 11.4 Å². The van der Waals surface area contributed by atoms with Crippen molar-refractivity contribution in [2.75, 3.05) is 10.2 Å². The molecule has 0 spiro atoms. The number of hydrogen-bond acceptors (Lipinski definition) is 4. The van der Waals surface area contributed by atoms with E-state index in [0.717, 1.165) is 5.56 Å². The summed E-state index contributed by atoms with van der Waals surface area (Å²) in [7, 11) is 0. The van der Waals surface area contributed by atoms with E-state index >= 15 is 0 Å². The van der Waals surface area contributed by atoms with Crippen LogP contribution < -0.4 is 10.2 Å². The van der Waals surface area contributed by atoms with E-state index in [1.165, 1.54) is 17.0 Å². The minimum Gasteiger partial charge on any atom is -0.478 e. The third-order valence-electron chi connectivity index (χ3n) is 6.03. The molecule has 1 saturated carbocycles. The molecule has 3 amide bonds. The van der Waals surface area contributed by atoms with Crippen molar-refractivity contribution in [1.82, 2.24) is 0 Å². The lowest BCUT2D eigenvalue weighted by molar-refractivity contribution is -0.122. The highest BCUT2D eigenvalue weighted by Crippen LogP contribution is 2.44. The molecule has 1 aliphatic carbocycles. The molecule has 1 aliphatic heterocycles. The Morgan fingerprint density at radius 1 is 0.938 bits per heavy atom. The van der Waals surface area contributed by atoms with Crippen molar-refractivity contribution < 1.29 is 24.3 Å². The summed E-state index contributed by atoms with van der Waals surface area (Å²) >= 11 is 7.16. The second-order valence-electron chi connectivity index (χ2n) is 8.06. The highest BCUT2D eigenvalue weighted by Gasteiger charge is 2.52. The number of aryl methyl sites for hydroxylation is 1. The SMILES string of the molecule is Cc1ccc(C(=O)O)cc1NC(=O)c1ccc(N2C(=O)[C@@H]3C[C@@H](Br)[C@@H](Br)C[C@H]3C2=O)cc1. The number of benzene rings is 2. The molecule has 1 heterocycles. The molecule has 32 heavy (non-hydrogen) atoms. The minimum absolute atomic E-state index is 0.0743. The van der Waals surface area contributed by atoms with Gasteiger partial charge in [0.2, 0.25) is 11.8 Å². The second-order valence-corrected chi connectivity index (χ2v) is 10.4. The van der Waals surface area contributed by atoms with Gasteiger partial charge in [0.05, 0.1) is 23.1 Å². The van der Waals surface area contributed by atoms with Gasteiger partial charge >= 0.3 is 5.97 Å². The molecule has 2 aromatic rings. The van der Waals surface area contributed by atoms with Crippen LogP contribution in [0.5, 0.6) is 0 Å². The van der Waals surface area contributed by atoms with Crippen molar-refractivity contribution in [3.63, 3.8) is 0 Å². The van der Waals surface area contributed by atoms with E-state index in [9.17, 15) is 19.2 Å². The van der Waals surface area contributed by atoms with Crippen molar-refractivity contribution >= 4 is 66.9 Å². The van der Waals surface area contributed by atoms with Gasteiger partial charge in [0, 0.05) is 20.9 Å². The van der Waals surface area contributed by atoms with Gasteiger partial charge in [-0.05, 0) is 61.7 Å². The van der Waals surface area contributed by atoms with E-state index in [2.05, 4.69) is 37.2 Å². The standard InChI is InChI=1S/C23H20Br2N2O5/c1-11-2-3-13(23(31)32)8-19(11)26-20(28)12-4-6-14(7-5-12)27-21(29)15-9-17(24)18(25)10-16(15)22(27)30/h2-8,15-18H,9-10H2,1H3,(H,26,28)(H,31,32)/t15-,16-,17-,18+/m1/s1. The number of imide groups is 1. The lowest BCUT2D eigenvalue weighted by Gasteiger charge is -2.29. The number of nitrogens with zero attached hydrogens (tertiary/aromatic N) is 1. The molecule has 9 heteroatoms. The second kappa shape index (κ2) is 8.78. The monoisotopic (exact) mass is 562 g/mol. The van der Waals surface area contributed by atoms with Gasteiger partial charge in [-0.2, -0.15) is 0 Å². The normalized spacial score (nSPS) is 24.9. The fourth-order valence-electron chi connectivity index (χ4n) is 4.20. The first kappa shape index (κ1) is 22.7. The Balaban J connectivity index is 1.52. The number of rotatable bonds is 4. The molecule has 4 atom stereocenters. The molecule has 2 aromatic carbocycles. The van der Waals surface area contributed by atoms with E-state index in [4.69, 9.17) is 5.11 Å². The third kappa shape index (κ3) is 4.11. The summed E-state index contributed by atoms with van der Waals surface area (Å²) in [5.74, 6) is -2.59. The van der Waals surface area contributed by atoms with Crippen LogP contribution in [0.3, 0.4) is 0 Å². The predicted octanol–water partition coefficient (Wildman–Crippen LogP) is 4.37. The number of alkyl halides is 2. The third-order valence-corrected chi connectivity index (χ3v) is 8.77. The number of amides is 3. The maximum atomic E-state index is 12.9. The number of halogens is 2. The largest absolute Gasteiger partial charge is 0.478 e. The van der Waals surface area contributed by atoms with Crippen molar-refractivity contribution in [3.8, 4) is 0 Å². The summed E-state index contributed by atoms with van der Waals surface area (Å²) in [6, 6.07) is 10.8. The lowest BCUT2D eigenvalue weighted by atomic mass is 9.81. The van der Waals surface area contributed by atoms with Crippen molar-refractivity contribution in [2.45, 2.75) is 29.4 Å². The quantitative estimate of drug-likeness (QED) is 0.424. The predicted molar refractivity (Wildman–Crippen MR) is 127 cm³/mol. The lowest BCUT2D eigenvalue weighted by Crippen LogP contribution is -2.34. The number of carboxylic acids is 1. The maximum Gasteiger partial charge on any atom is 0.335 e. The number of aromatic carboxylic acids is 1. The number of nitrogens with one attached hydrogen (secondary N) is 1. The number of carbonyl (C=O) groups is 4. The molecule has 0 aromatic heterocycles. The topological polar surface area (TPSA) is 104 Å².